The molecule has 16 nitrogen and oxygen atoms in total. The number of carbonyl (C=O) groups is 3. The maximum atomic E-state index is 14.4. The first-order valence-corrected chi connectivity index (χ1v) is 19.9. The summed E-state index contributed by atoms with van der Waals surface area (Å²) in [6.45, 7) is 13.8. The molecular formula is C43H58N4O12. The van der Waals surface area contributed by atoms with Crippen LogP contribution in [0.2, 0.25) is 0 Å². The van der Waals surface area contributed by atoms with Crippen molar-refractivity contribution in [3.8, 4) is 23.0 Å². The van der Waals surface area contributed by atoms with Gasteiger partial charge in [-0.1, -0.05) is 45.9 Å². The van der Waals surface area contributed by atoms with Crippen LogP contribution in [-0.4, -0.2) is 129 Å². The van der Waals surface area contributed by atoms with Crippen molar-refractivity contribution < 1.29 is 59.2 Å². The van der Waals surface area contributed by atoms with E-state index in [0.717, 1.165) is 0 Å². The van der Waals surface area contributed by atoms with E-state index in [0.29, 0.717) is 32.7 Å². The molecule has 59 heavy (non-hydrogen) atoms. The standard InChI is InChI=1S/C43H58N4O12/c1-22-10-9-11-23(2)42(56)45-34-29(18-44-47-15-13-46(8)14-16-47)38(53)31-32(39(34)54)37(52)27(6)40-33(31)41(55)43(7,59-40)58-17-12-28(19-48)24(3)30(20-57-21-49)25(4)36(51)26(5)35(22)50/h9-12,17-18,21-22,24-26,28,30,35-36,48,50-54H,13-16,19-20H2,1-8H3,(H,45,56)/b10-9+,17-12+,23-11+,44-18+/t22-,24+,25+,26+,28+,30+,35-,36+,43-/m0/s1. The Labute approximate surface area is 344 Å². The molecule has 4 aliphatic heterocycles. The van der Waals surface area contributed by atoms with Crippen LogP contribution < -0.4 is 10.1 Å². The number of amides is 1. The van der Waals surface area contributed by atoms with E-state index in [1.54, 1.807) is 37.9 Å². The fraction of sp³-hybridized carbons (Fsp3) is 0.535. The first-order chi connectivity index (χ1) is 27.9. The van der Waals surface area contributed by atoms with Gasteiger partial charge in [0, 0.05) is 79.9 Å². The number of fused-ring (bicyclic) bond motifs is 14. The van der Waals surface area contributed by atoms with Gasteiger partial charge in [-0.25, -0.2) is 0 Å². The summed E-state index contributed by atoms with van der Waals surface area (Å²) in [6, 6.07) is 0. The summed E-state index contributed by atoms with van der Waals surface area (Å²) in [4.78, 5) is 41.6. The smallest absolute Gasteiger partial charge is 0.312 e. The van der Waals surface area contributed by atoms with Gasteiger partial charge in [0.1, 0.15) is 17.2 Å². The molecule has 0 aromatic heterocycles. The molecule has 0 saturated carbocycles. The van der Waals surface area contributed by atoms with Crippen LogP contribution in [0.25, 0.3) is 10.8 Å². The molecule has 1 fully saturated rings. The SMILES string of the molecule is C/C1=C\C=C\[C@H](C)[C@H](O)[C@@H](C)[C@H](O)[C@H](C)[C@H](COC=O)[C@H](C)[C@@H](CO)/C=C/O[C@@]2(C)Oc3c(C)c(O)c4c(O)c(c(/C=N/N5CCN(C)CC5)c(O)c4c3C2=O)NC1=O. The van der Waals surface area contributed by atoms with Gasteiger partial charge in [0.2, 0.25) is 0 Å². The number of ether oxygens (including phenoxy) is 3. The van der Waals surface area contributed by atoms with Gasteiger partial charge in [-0.15, -0.1) is 0 Å². The van der Waals surface area contributed by atoms with E-state index in [9.17, 15) is 45.0 Å². The molecular weight excluding hydrogens is 764 g/mol. The Balaban J connectivity index is 1.70. The lowest BCUT2D eigenvalue weighted by Crippen LogP contribution is -2.43. The average Bonchev–Trinajstić information content (AvgIpc) is 3.48. The molecule has 1 saturated heterocycles. The zero-order chi connectivity index (χ0) is 43.5. The van der Waals surface area contributed by atoms with E-state index in [4.69, 9.17) is 14.2 Å². The fourth-order valence-corrected chi connectivity index (χ4v) is 8.12. The van der Waals surface area contributed by atoms with E-state index < -0.39 is 82.4 Å². The number of hydrogen-bond acceptors (Lipinski definition) is 15. The topological polar surface area (TPSA) is 231 Å². The molecule has 16 heteroatoms. The maximum absolute atomic E-state index is 14.4. The van der Waals surface area contributed by atoms with Crippen LogP contribution in [0.15, 0.2) is 41.2 Å². The summed E-state index contributed by atoms with van der Waals surface area (Å²) in [5.41, 5.74) is -0.377. The third-order valence-corrected chi connectivity index (χ3v) is 12.4. The second-order valence-electron chi connectivity index (χ2n) is 16.3. The minimum atomic E-state index is -2.05. The molecule has 7 N–H and O–H groups in total. The number of phenols is 3. The van der Waals surface area contributed by atoms with Crippen LogP contribution in [0.5, 0.6) is 23.0 Å². The largest absolute Gasteiger partial charge is 0.507 e. The Hall–Kier alpha value is -5.16. The van der Waals surface area contributed by atoms with Crippen LogP contribution in [0.4, 0.5) is 5.69 Å². The Kier molecular flexibility index (Phi) is 14.0. The van der Waals surface area contributed by atoms with Crippen LogP contribution in [0.3, 0.4) is 0 Å². The first-order valence-electron chi connectivity index (χ1n) is 19.9. The molecule has 0 aliphatic carbocycles. The van der Waals surface area contributed by atoms with Crippen molar-refractivity contribution in [2.75, 3.05) is 51.8 Å². The minimum absolute atomic E-state index is 0.0488. The lowest BCUT2D eigenvalue weighted by Gasteiger charge is -2.38. The molecule has 2 aromatic rings. The number of likely N-dealkylation sites (N-methyl/N-ethyl adjacent to an activating group) is 1. The Morgan fingerprint density at radius 1 is 0.949 bits per heavy atom. The number of nitrogens with one attached hydrogen (secondary N) is 1. The van der Waals surface area contributed by atoms with Crippen molar-refractivity contribution in [3.05, 3.63) is 52.8 Å². The van der Waals surface area contributed by atoms with Crippen molar-refractivity contribution in [1.82, 2.24) is 9.91 Å². The van der Waals surface area contributed by atoms with Gasteiger partial charge in [-0.3, -0.25) is 19.4 Å². The van der Waals surface area contributed by atoms with Gasteiger partial charge in [-0.05, 0) is 38.8 Å². The molecule has 0 unspecified atom stereocenters. The number of aromatic hydroxyl groups is 3. The number of hydrogen-bond donors (Lipinski definition) is 7. The van der Waals surface area contributed by atoms with Crippen LogP contribution >= 0.6 is 0 Å². The fourth-order valence-electron chi connectivity index (χ4n) is 8.12. The van der Waals surface area contributed by atoms with Gasteiger partial charge in [0.05, 0.1) is 53.5 Å². The van der Waals surface area contributed by atoms with E-state index >= 15 is 0 Å². The van der Waals surface area contributed by atoms with Gasteiger partial charge in [0.15, 0.2) is 5.75 Å². The summed E-state index contributed by atoms with van der Waals surface area (Å²) in [5.74, 6) is -8.61. The molecule has 6 rings (SSSR count). The van der Waals surface area contributed by atoms with Crippen LogP contribution in [-0.2, 0) is 19.1 Å². The number of piperazine rings is 1. The Morgan fingerprint density at radius 2 is 1.63 bits per heavy atom. The highest BCUT2D eigenvalue weighted by atomic mass is 16.7. The van der Waals surface area contributed by atoms with E-state index in [-0.39, 0.29) is 57.7 Å². The number of nitrogens with zero attached hydrogens (tertiary/aromatic N) is 3. The number of allylic oxidation sites excluding steroid dienone is 2. The molecule has 9 atom stereocenters. The number of rotatable bonds is 6. The summed E-state index contributed by atoms with van der Waals surface area (Å²) in [5, 5.41) is 77.3. The number of ketones is 1. The van der Waals surface area contributed by atoms with Gasteiger partial charge in [-0.2, -0.15) is 5.10 Å². The third kappa shape index (κ3) is 8.91. The Morgan fingerprint density at radius 3 is 2.27 bits per heavy atom. The lowest BCUT2D eigenvalue weighted by molar-refractivity contribution is -0.133. The van der Waals surface area contributed by atoms with Gasteiger partial charge < -0.3 is 55.1 Å². The second-order valence-corrected chi connectivity index (χ2v) is 16.3. The lowest BCUT2D eigenvalue weighted by atomic mass is 9.72. The average molecular weight is 823 g/mol. The van der Waals surface area contributed by atoms with E-state index in [2.05, 4.69) is 15.3 Å². The normalized spacial score (nSPS) is 32.1. The van der Waals surface area contributed by atoms with Gasteiger partial charge >= 0.3 is 5.79 Å². The first kappa shape index (κ1) is 44.9. The van der Waals surface area contributed by atoms with Crippen molar-refractivity contribution in [3.63, 3.8) is 0 Å². The Bertz CT molecular complexity index is 2040. The molecule has 2 aromatic carbocycles. The molecule has 4 aliphatic rings. The van der Waals surface area contributed by atoms with Crippen molar-refractivity contribution >= 4 is 40.8 Å². The summed E-state index contributed by atoms with van der Waals surface area (Å²) < 4.78 is 17.2. The zero-order valence-electron chi connectivity index (χ0n) is 34.9. The predicted molar refractivity (Wildman–Crippen MR) is 220 cm³/mol. The third-order valence-electron chi connectivity index (χ3n) is 12.4. The van der Waals surface area contributed by atoms with Crippen molar-refractivity contribution in [2.45, 2.75) is 66.5 Å². The monoisotopic (exact) mass is 822 g/mol. The van der Waals surface area contributed by atoms with E-state index in [1.165, 1.54) is 45.4 Å². The van der Waals surface area contributed by atoms with Crippen LogP contribution in [0.1, 0.15) is 63.0 Å². The van der Waals surface area contributed by atoms with Crippen molar-refractivity contribution in [1.29, 1.82) is 0 Å². The summed E-state index contributed by atoms with van der Waals surface area (Å²) >= 11 is 0. The summed E-state index contributed by atoms with van der Waals surface area (Å²) in [6.07, 6.45) is 6.66. The van der Waals surface area contributed by atoms with Crippen LogP contribution in [0, 0.1) is 42.4 Å². The highest BCUT2D eigenvalue weighted by Crippen LogP contribution is 2.55. The van der Waals surface area contributed by atoms with Gasteiger partial charge in [0.25, 0.3) is 18.2 Å². The molecule has 0 spiro atoms. The van der Waals surface area contributed by atoms with Crippen molar-refractivity contribution in [2.24, 2.45) is 40.6 Å². The number of aliphatic hydroxyl groups excluding tert-OH is 3. The number of carbonyl (C=O) groups excluding carboxylic acids is 3. The second kappa shape index (κ2) is 18.4. The number of phenolic OH excluding ortho intramolecular Hbond substituents is 3. The number of anilines is 1. The number of hydrazone groups is 1. The molecule has 0 radical (unpaired) electrons. The molecule has 5 bridgehead atoms. The number of benzene rings is 2. The number of aliphatic hydroxyl groups is 3. The quantitative estimate of drug-likeness (QED) is 0.0952. The minimum Gasteiger partial charge on any atom is -0.507 e. The zero-order valence-corrected chi connectivity index (χ0v) is 34.9. The van der Waals surface area contributed by atoms with E-state index in [1.807, 2.05) is 14.0 Å². The highest BCUT2D eigenvalue weighted by Gasteiger charge is 2.50. The number of Topliss-reactive ketones (excluding diaryl/α,β-unsaturated/α-hetero) is 1. The molecule has 4 heterocycles. The molecule has 1 amide bonds. The predicted octanol–water partition coefficient (Wildman–Crippen LogP) is 3.79. The summed E-state index contributed by atoms with van der Waals surface area (Å²) in [7, 11) is 1.98. The molecule has 322 valence electrons. The highest BCUT2D eigenvalue weighted by molar-refractivity contribution is 6.23. The maximum Gasteiger partial charge on any atom is 0.312 e.